The summed E-state index contributed by atoms with van der Waals surface area (Å²) in [7, 11) is -3.77. The zero-order valence-electron chi connectivity index (χ0n) is 18.3. The number of rotatable bonds is 6. The lowest BCUT2D eigenvalue weighted by atomic mass is 10.0. The van der Waals surface area contributed by atoms with Crippen LogP contribution in [-0.2, 0) is 21.4 Å². The average molecular weight is 475 g/mol. The zero-order valence-corrected chi connectivity index (χ0v) is 20.0. The highest BCUT2D eigenvalue weighted by atomic mass is 32.2. The quantitative estimate of drug-likeness (QED) is 0.693. The summed E-state index contributed by atoms with van der Waals surface area (Å²) < 4.78 is 28.3. The van der Waals surface area contributed by atoms with Gasteiger partial charge in [-0.25, -0.2) is 13.4 Å². The van der Waals surface area contributed by atoms with Crippen molar-refractivity contribution in [1.82, 2.24) is 14.2 Å². The molecule has 8 nitrogen and oxygen atoms in total. The van der Waals surface area contributed by atoms with E-state index in [1.165, 1.54) is 22.6 Å². The van der Waals surface area contributed by atoms with Gasteiger partial charge in [0.15, 0.2) is 5.13 Å². The second kappa shape index (κ2) is 7.64. The first-order valence-corrected chi connectivity index (χ1v) is 13.2. The second-order valence-electron chi connectivity index (χ2n) is 8.89. The van der Waals surface area contributed by atoms with Crippen molar-refractivity contribution < 1.29 is 18.0 Å². The number of hydrogen-bond donors (Lipinski definition) is 1. The average Bonchev–Trinajstić information content (AvgIpc) is 3.38. The number of carbonyl (C=O) groups excluding carboxylic acids is 2. The molecule has 1 atom stereocenters. The molecule has 3 heterocycles. The molecule has 10 heteroatoms. The molecule has 0 bridgehead atoms. The Morgan fingerprint density at radius 1 is 1.28 bits per heavy atom. The third-order valence-corrected chi connectivity index (χ3v) is 9.61. The van der Waals surface area contributed by atoms with E-state index in [0.29, 0.717) is 47.5 Å². The number of aryl methyl sites for hydroxylation is 1. The Hall–Kier alpha value is -2.30. The first-order valence-electron chi connectivity index (χ1n) is 10.9. The molecule has 0 unspecified atom stereocenters. The smallest absolute Gasteiger partial charge is 0.256 e. The molecule has 1 N–H and O–H groups in total. The molecule has 2 amide bonds. The fourth-order valence-electron chi connectivity index (χ4n) is 4.47. The van der Waals surface area contributed by atoms with E-state index in [1.54, 1.807) is 6.07 Å². The van der Waals surface area contributed by atoms with Gasteiger partial charge in [0.05, 0.1) is 21.0 Å². The molecule has 1 saturated carbocycles. The number of anilines is 1. The number of carbonyl (C=O) groups is 2. The third-order valence-electron chi connectivity index (χ3n) is 6.57. The molecule has 2 aromatic rings. The Bertz CT molecular complexity index is 1230. The van der Waals surface area contributed by atoms with Gasteiger partial charge in [-0.3, -0.25) is 9.59 Å². The van der Waals surface area contributed by atoms with Crippen LogP contribution in [0.4, 0.5) is 5.13 Å². The SMILES string of the molecule is CC(=O)Nc1nc(C)c(-c2cc3c(c(S(=O)(=O)N4CCC4)c2)C(=O)N([C@@H](C)C2CC2)C3)s1. The van der Waals surface area contributed by atoms with Gasteiger partial charge >= 0.3 is 0 Å². The van der Waals surface area contributed by atoms with Crippen LogP contribution in [-0.4, -0.2) is 53.6 Å². The summed E-state index contributed by atoms with van der Waals surface area (Å²) in [5.74, 6) is 0.0905. The predicted octanol–water partition coefficient (Wildman–Crippen LogP) is 3.23. The molecule has 1 aromatic carbocycles. The molecule has 5 rings (SSSR count). The van der Waals surface area contributed by atoms with Crippen LogP contribution in [0.15, 0.2) is 17.0 Å². The van der Waals surface area contributed by atoms with Crippen LogP contribution in [0.5, 0.6) is 0 Å². The summed E-state index contributed by atoms with van der Waals surface area (Å²) in [6.45, 7) is 6.68. The summed E-state index contributed by atoms with van der Waals surface area (Å²) in [5, 5.41) is 3.17. The Balaban J connectivity index is 1.63. The number of fused-ring (bicyclic) bond motifs is 1. The minimum atomic E-state index is -3.77. The predicted molar refractivity (Wildman–Crippen MR) is 122 cm³/mol. The van der Waals surface area contributed by atoms with Crippen LogP contribution in [0.1, 0.15) is 54.7 Å². The largest absolute Gasteiger partial charge is 0.331 e. The van der Waals surface area contributed by atoms with E-state index in [0.717, 1.165) is 29.7 Å². The van der Waals surface area contributed by atoms with Gasteiger partial charge in [0.25, 0.3) is 5.91 Å². The third kappa shape index (κ3) is 3.54. The highest BCUT2D eigenvalue weighted by Crippen LogP contribution is 2.43. The first-order chi connectivity index (χ1) is 15.2. The minimum Gasteiger partial charge on any atom is -0.331 e. The number of sulfonamides is 1. The van der Waals surface area contributed by atoms with Crippen molar-refractivity contribution in [2.75, 3.05) is 18.4 Å². The van der Waals surface area contributed by atoms with E-state index >= 15 is 0 Å². The van der Waals surface area contributed by atoms with Gasteiger partial charge in [-0.2, -0.15) is 4.31 Å². The van der Waals surface area contributed by atoms with E-state index in [2.05, 4.69) is 17.2 Å². The number of amides is 2. The van der Waals surface area contributed by atoms with Crippen molar-refractivity contribution in [3.8, 4) is 10.4 Å². The summed E-state index contributed by atoms with van der Waals surface area (Å²) >= 11 is 1.31. The van der Waals surface area contributed by atoms with Crippen molar-refractivity contribution in [1.29, 1.82) is 0 Å². The lowest BCUT2D eigenvalue weighted by molar-refractivity contribution is -0.114. The monoisotopic (exact) mass is 474 g/mol. The highest BCUT2D eigenvalue weighted by Gasteiger charge is 2.43. The van der Waals surface area contributed by atoms with Gasteiger partial charge in [-0.15, -0.1) is 0 Å². The van der Waals surface area contributed by atoms with Gasteiger partial charge in [0.1, 0.15) is 0 Å². The minimum absolute atomic E-state index is 0.0917. The number of benzene rings is 1. The molecule has 32 heavy (non-hydrogen) atoms. The number of nitrogens with zero attached hydrogens (tertiary/aromatic N) is 3. The summed E-state index contributed by atoms with van der Waals surface area (Å²) in [6, 6.07) is 3.63. The van der Waals surface area contributed by atoms with Gasteiger partial charge in [0, 0.05) is 32.6 Å². The Kier molecular flexibility index (Phi) is 5.14. The molecular formula is C22H26N4O4S2. The lowest BCUT2D eigenvalue weighted by Crippen LogP contribution is -2.42. The van der Waals surface area contributed by atoms with Crippen molar-refractivity contribution >= 4 is 38.3 Å². The van der Waals surface area contributed by atoms with Gasteiger partial charge < -0.3 is 10.2 Å². The number of nitrogens with one attached hydrogen (secondary N) is 1. The Morgan fingerprint density at radius 2 is 2.00 bits per heavy atom. The number of hydrogen-bond acceptors (Lipinski definition) is 6. The van der Waals surface area contributed by atoms with Gasteiger partial charge in [-0.05, 0) is 62.3 Å². The van der Waals surface area contributed by atoms with Gasteiger partial charge in [0.2, 0.25) is 15.9 Å². The van der Waals surface area contributed by atoms with Crippen LogP contribution in [0.3, 0.4) is 0 Å². The Morgan fingerprint density at radius 3 is 2.59 bits per heavy atom. The van der Waals surface area contributed by atoms with Crippen molar-refractivity contribution in [3.63, 3.8) is 0 Å². The molecule has 0 spiro atoms. The molecule has 2 fully saturated rings. The maximum absolute atomic E-state index is 13.4. The molecule has 3 aliphatic rings. The van der Waals surface area contributed by atoms with Crippen molar-refractivity contribution in [2.24, 2.45) is 5.92 Å². The molecule has 1 aromatic heterocycles. The van der Waals surface area contributed by atoms with E-state index in [-0.39, 0.29) is 22.8 Å². The molecule has 1 saturated heterocycles. The summed E-state index contributed by atoms with van der Waals surface area (Å²) in [4.78, 5) is 32.0. The normalized spacial score (nSPS) is 19.6. The van der Waals surface area contributed by atoms with Crippen molar-refractivity contribution in [2.45, 2.75) is 57.5 Å². The van der Waals surface area contributed by atoms with Crippen LogP contribution in [0.2, 0.25) is 0 Å². The van der Waals surface area contributed by atoms with Crippen molar-refractivity contribution in [3.05, 3.63) is 29.0 Å². The standard InChI is InChI=1S/C22H26N4O4S2/c1-12-20(31-22(23-12)24-14(3)27)16-9-17-11-26(13(2)15-5-6-15)21(28)19(17)18(10-16)32(29,30)25-7-4-8-25/h9-10,13,15H,4-8,11H2,1-3H3,(H,23,24,27)/t13-/m0/s1. The molecule has 1 aliphatic carbocycles. The maximum Gasteiger partial charge on any atom is 0.256 e. The lowest BCUT2D eigenvalue weighted by Gasteiger charge is -2.30. The van der Waals surface area contributed by atoms with Crippen LogP contribution in [0.25, 0.3) is 10.4 Å². The number of aromatic nitrogens is 1. The molecule has 0 radical (unpaired) electrons. The van der Waals surface area contributed by atoms with E-state index in [4.69, 9.17) is 0 Å². The van der Waals surface area contributed by atoms with E-state index < -0.39 is 10.0 Å². The fraction of sp³-hybridized carbons (Fsp3) is 0.500. The fourth-order valence-corrected chi connectivity index (χ4v) is 7.24. The topological polar surface area (TPSA) is 99.7 Å². The zero-order chi connectivity index (χ0) is 22.8. The summed E-state index contributed by atoms with van der Waals surface area (Å²) in [5.41, 5.74) is 2.48. The Labute approximate surface area is 191 Å². The maximum atomic E-state index is 13.4. The molecule has 170 valence electrons. The van der Waals surface area contributed by atoms with Crippen LogP contribution in [0, 0.1) is 12.8 Å². The highest BCUT2D eigenvalue weighted by molar-refractivity contribution is 7.89. The van der Waals surface area contributed by atoms with Crippen LogP contribution >= 0.6 is 11.3 Å². The first kappa shape index (κ1) is 21.5. The second-order valence-corrected chi connectivity index (χ2v) is 11.8. The van der Waals surface area contributed by atoms with E-state index in [1.807, 2.05) is 17.9 Å². The molecular weight excluding hydrogens is 448 g/mol. The number of thiazole rings is 1. The van der Waals surface area contributed by atoms with Crippen LogP contribution < -0.4 is 5.32 Å². The van der Waals surface area contributed by atoms with Gasteiger partial charge in [-0.1, -0.05) is 11.3 Å². The van der Waals surface area contributed by atoms with E-state index in [9.17, 15) is 18.0 Å². The summed E-state index contributed by atoms with van der Waals surface area (Å²) in [6.07, 6.45) is 3.04. The molecule has 2 aliphatic heterocycles.